The molecule has 3 aromatic rings. The molecule has 0 saturated heterocycles. The number of carbonyl (C=O) groups is 2. The number of amides is 1. The molecule has 2 heterocycles. The number of carboxylic acids is 1. The highest BCUT2D eigenvalue weighted by Gasteiger charge is 2.32. The molecule has 1 amide bonds. The van der Waals surface area contributed by atoms with Crippen LogP contribution in [0.3, 0.4) is 0 Å². The summed E-state index contributed by atoms with van der Waals surface area (Å²) in [7, 11) is 0. The largest absolute Gasteiger partial charge is 0.483 e. The van der Waals surface area contributed by atoms with Crippen molar-refractivity contribution < 1.29 is 19.4 Å². The lowest BCUT2D eigenvalue weighted by atomic mass is 10.1. The summed E-state index contributed by atoms with van der Waals surface area (Å²) >= 11 is 12.1. The van der Waals surface area contributed by atoms with Crippen LogP contribution in [0.1, 0.15) is 32.1 Å². The van der Waals surface area contributed by atoms with Gasteiger partial charge in [-0.25, -0.2) is 4.79 Å². The van der Waals surface area contributed by atoms with Crippen molar-refractivity contribution in [3.63, 3.8) is 0 Å². The number of pyridine rings is 1. The van der Waals surface area contributed by atoms with Gasteiger partial charge in [-0.15, -0.1) is 0 Å². The molecule has 7 nitrogen and oxygen atoms in total. The summed E-state index contributed by atoms with van der Waals surface area (Å²) in [6, 6.07) is 15.2. The second kappa shape index (κ2) is 9.06. The fourth-order valence-electron chi connectivity index (χ4n) is 3.60. The van der Waals surface area contributed by atoms with E-state index in [1.165, 1.54) is 9.47 Å². The predicted molar refractivity (Wildman–Crippen MR) is 120 cm³/mol. The quantitative estimate of drug-likeness (QED) is 0.583. The molecule has 0 aliphatic carbocycles. The van der Waals surface area contributed by atoms with Gasteiger partial charge in [0.15, 0.2) is 11.4 Å². The summed E-state index contributed by atoms with van der Waals surface area (Å²) in [6.07, 6.45) is 0. The molecule has 4 rings (SSSR count). The van der Waals surface area contributed by atoms with Crippen molar-refractivity contribution in [1.82, 2.24) is 9.47 Å². The molecule has 1 N–H and O–H groups in total. The van der Waals surface area contributed by atoms with Crippen molar-refractivity contribution in [2.75, 3.05) is 6.54 Å². The second-order valence-corrected chi connectivity index (χ2v) is 8.09. The average molecular weight is 473 g/mol. The Labute approximate surface area is 193 Å². The molecule has 1 aromatic heterocycles. The third-order valence-corrected chi connectivity index (χ3v) is 5.89. The van der Waals surface area contributed by atoms with Gasteiger partial charge < -0.3 is 19.3 Å². The lowest BCUT2D eigenvalue weighted by Crippen LogP contribution is -2.43. The van der Waals surface area contributed by atoms with E-state index in [0.29, 0.717) is 10.0 Å². The Kier molecular flexibility index (Phi) is 6.21. The van der Waals surface area contributed by atoms with Crippen LogP contribution in [0.5, 0.6) is 5.75 Å². The number of fused-ring (bicyclic) bond motifs is 1. The third kappa shape index (κ3) is 4.35. The van der Waals surface area contributed by atoms with Crippen LogP contribution in [0, 0.1) is 0 Å². The standard InChI is InChI=1S/C23H18Cl2N2O5/c24-16-7-6-15(10-17(16)25)12-26-8-9-27-18(23(30)31)11-19(28)21(20(27)22(26)29)32-13-14-4-2-1-3-5-14/h1-7,10-11H,8-9,12-13H2,(H,30,31). The highest BCUT2D eigenvalue weighted by molar-refractivity contribution is 6.42. The first-order valence-corrected chi connectivity index (χ1v) is 10.5. The van der Waals surface area contributed by atoms with E-state index in [4.69, 9.17) is 27.9 Å². The number of ether oxygens (including phenoxy) is 1. The molecule has 1 aliphatic rings. The van der Waals surface area contributed by atoms with Crippen LogP contribution in [-0.4, -0.2) is 33.0 Å². The number of carboxylic acid groups (broad SMARTS) is 1. The van der Waals surface area contributed by atoms with Crippen LogP contribution in [0.4, 0.5) is 0 Å². The van der Waals surface area contributed by atoms with E-state index in [1.807, 2.05) is 30.3 Å². The average Bonchev–Trinajstić information content (AvgIpc) is 2.77. The molecule has 32 heavy (non-hydrogen) atoms. The lowest BCUT2D eigenvalue weighted by molar-refractivity contribution is 0.0647. The normalized spacial score (nSPS) is 13.1. The first-order chi connectivity index (χ1) is 15.3. The van der Waals surface area contributed by atoms with Gasteiger partial charge in [-0.3, -0.25) is 9.59 Å². The van der Waals surface area contributed by atoms with E-state index in [-0.39, 0.29) is 43.4 Å². The molecule has 0 atom stereocenters. The Bertz CT molecular complexity index is 1260. The Balaban J connectivity index is 1.71. The first kappa shape index (κ1) is 21.9. The Morgan fingerprint density at radius 3 is 2.41 bits per heavy atom. The van der Waals surface area contributed by atoms with E-state index < -0.39 is 17.3 Å². The fraction of sp³-hybridized carbons (Fsp3) is 0.174. The highest BCUT2D eigenvalue weighted by Crippen LogP contribution is 2.27. The second-order valence-electron chi connectivity index (χ2n) is 7.28. The van der Waals surface area contributed by atoms with Crippen molar-refractivity contribution in [1.29, 1.82) is 0 Å². The zero-order valence-electron chi connectivity index (χ0n) is 16.8. The molecule has 1 aliphatic heterocycles. The summed E-state index contributed by atoms with van der Waals surface area (Å²) in [5.41, 5.74) is 0.583. The minimum atomic E-state index is -1.29. The van der Waals surface area contributed by atoms with Gasteiger partial charge in [0.25, 0.3) is 5.91 Å². The topological polar surface area (TPSA) is 88.8 Å². The molecule has 164 valence electrons. The molecule has 9 heteroatoms. The van der Waals surface area contributed by atoms with E-state index in [1.54, 1.807) is 18.2 Å². The van der Waals surface area contributed by atoms with Gasteiger partial charge in [0.2, 0.25) is 5.43 Å². The zero-order chi connectivity index (χ0) is 22.8. The lowest BCUT2D eigenvalue weighted by Gasteiger charge is -2.32. The van der Waals surface area contributed by atoms with Gasteiger partial charge in [-0.1, -0.05) is 59.6 Å². The summed E-state index contributed by atoms with van der Waals surface area (Å²) in [4.78, 5) is 39.3. The van der Waals surface area contributed by atoms with Gasteiger partial charge in [0, 0.05) is 25.7 Å². The zero-order valence-corrected chi connectivity index (χ0v) is 18.3. The Hall–Kier alpha value is -3.29. The van der Waals surface area contributed by atoms with Crippen molar-refractivity contribution in [3.05, 3.63) is 97.4 Å². The molecule has 0 unspecified atom stereocenters. The highest BCUT2D eigenvalue weighted by atomic mass is 35.5. The molecular formula is C23H18Cl2N2O5. The van der Waals surface area contributed by atoms with Gasteiger partial charge in [-0.05, 0) is 23.3 Å². The van der Waals surface area contributed by atoms with Crippen LogP contribution in [0.2, 0.25) is 10.0 Å². The van der Waals surface area contributed by atoms with Gasteiger partial charge in [0.1, 0.15) is 12.3 Å². The van der Waals surface area contributed by atoms with Crippen molar-refractivity contribution in [2.45, 2.75) is 19.7 Å². The van der Waals surface area contributed by atoms with Crippen LogP contribution >= 0.6 is 23.2 Å². The Morgan fingerprint density at radius 2 is 1.72 bits per heavy atom. The fourth-order valence-corrected chi connectivity index (χ4v) is 3.92. The number of halogens is 2. The van der Waals surface area contributed by atoms with Gasteiger partial charge >= 0.3 is 5.97 Å². The minimum absolute atomic E-state index is 0.0650. The molecule has 0 fully saturated rings. The number of aromatic carboxylic acids is 1. The van der Waals surface area contributed by atoms with E-state index in [2.05, 4.69) is 0 Å². The summed E-state index contributed by atoms with van der Waals surface area (Å²) in [5, 5.41) is 10.3. The molecule has 0 radical (unpaired) electrons. The SMILES string of the molecule is O=C(O)c1cc(=O)c(OCc2ccccc2)c2n1CCN(Cc1ccc(Cl)c(Cl)c1)C2=O. The van der Waals surface area contributed by atoms with Crippen LogP contribution in [0.25, 0.3) is 0 Å². The maximum Gasteiger partial charge on any atom is 0.352 e. The van der Waals surface area contributed by atoms with E-state index in [9.17, 15) is 19.5 Å². The number of hydrogen-bond acceptors (Lipinski definition) is 4. The predicted octanol–water partition coefficient (Wildman–Crippen LogP) is 4.09. The minimum Gasteiger partial charge on any atom is -0.483 e. The maximum atomic E-state index is 13.4. The summed E-state index contributed by atoms with van der Waals surface area (Å²) in [5.74, 6) is -1.95. The van der Waals surface area contributed by atoms with Crippen molar-refractivity contribution >= 4 is 35.1 Å². The van der Waals surface area contributed by atoms with Crippen molar-refractivity contribution in [2.24, 2.45) is 0 Å². The molecular weight excluding hydrogens is 455 g/mol. The number of rotatable bonds is 6. The summed E-state index contributed by atoms with van der Waals surface area (Å²) < 4.78 is 7.08. The number of benzene rings is 2. The molecule has 0 spiro atoms. The van der Waals surface area contributed by atoms with Crippen LogP contribution < -0.4 is 10.2 Å². The van der Waals surface area contributed by atoms with Gasteiger partial charge in [-0.2, -0.15) is 0 Å². The molecule has 0 bridgehead atoms. The Morgan fingerprint density at radius 1 is 0.969 bits per heavy atom. The van der Waals surface area contributed by atoms with E-state index >= 15 is 0 Å². The monoisotopic (exact) mass is 472 g/mol. The molecule has 0 saturated carbocycles. The molecule has 2 aromatic carbocycles. The van der Waals surface area contributed by atoms with Crippen LogP contribution in [-0.2, 0) is 19.7 Å². The third-order valence-electron chi connectivity index (χ3n) is 5.15. The first-order valence-electron chi connectivity index (χ1n) is 9.76. The van der Waals surface area contributed by atoms with E-state index in [0.717, 1.165) is 17.2 Å². The maximum absolute atomic E-state index is 13.4. The number of aromatic nitrogens is 1. The number of nitrogens with zero attached hydrogens (tertiary/aromatic N) is 2. The van der Waals surface area contributed by atoms with Crippen molar-refractivity contribution in [3.8, 4) is 5.75 Å². The summed E-state index contributed by atoms with van der Waals surface area (Å²) in [6.45, 7) is 0.744. The van der Waals surface area contributed by atoms with Crippen LogP contribution in [0.15, 0.2) is 59.4 Å². The smallest absolute Gasteiger partial charge is 0.352 e. The van der Waals surface area contributed by atoms with Gasteiger partial charge in [0.05, 0.1) is 10.0 Å². The number of hydrogen-bond donors (Lipinski definition) is 1. The number of carbonyl (C=O) groups excluding carboxylic acids is 1.